The molecule has 0 aliphatic carbocycles. The third-order valence-electron chi connectivity index (χ3n) is 1.14. The summed E-state index contributed by atoms with van der Waals surface area (Å²) in [5.41, 5.74) is -1.26. The molecule has 0 rings (SSSR count). The van der Waals surface area contributed by atoms with Crippen LogP contribution in [-0.2, 0) is 18.3 Å². The molecule has 0 saturated carbocycles. The van der Waals surface area contributed by atoms with Crippen molar-refractivity contribution >= 4 is 26.0 Å². The molecule has 0 bridgehead atoms. The molecular formula is C5H9ClO5S. The van der Waals surface area contributed by atoms with E-state index in [0.29, 0.717) is 0 Å². The van der Waals surface area contributed by atoms with E-state index in [2.05, 4.69) is 4.18 Å². The molecule has 0 aromatic carbocycles. The first kappa shape index (κ1) is 11.7. The summed E-state index contributed by atoms with van der Waals surface area (Å²) < 4.78 is 24.6. The maximum atomic E-state index is 10.4. The fourth-order valence-corrected chi connectivity index (χ4v) is 0.848. The number of carbonyl (C=O) groups is 1. The van der Waals surface area contributed by atoms with Crippen LogP contribution in [0.5, 0.6) is 0 Å². The fraction of sp³-hybridized carbons (Fsp3) is 0.800. The number of halogens is 1. The first-order chi connectivity index (χ1) is 5.15. The Hall–Kier alpha value is -0.330. The van der Waals surface area contributed by atoms with Gasteiger partial charge in [-0.15, -0.1) is 0 Å². The number of hydrogen-bond donors (Lipinski definition) is 1. The molecule has 12 heavy (non-hydrogen) atoms. The molecule has 0 fully saturated rings. The molecule has 1 N–H and O–H groups in total. The second-order valence-electron chi connectivity index (χ2n) is 2.84. The van der Waals surface area contributed by atoms with Crippen LogP contribution in [-0.4, -0.2) is 26.1 Å². The number of aliphatic carboxylic acids is 1. The molecule has 0 unspecified atom stereocenters. The maximum absolute atomic E-state index is 10.4. The molecule has 0 aliphatic rings. The van der Waals surface area contributed by atoms with Gasteiger partial charge in [-0.3, -0.25) is 8.98 Å². The van der Waals surface area contributed by atoms with Crippen molar-refractivity contribution in [3.63, 3.8) is 0 Å². The number of hydrogen-bond acceptors (Lipinski definition) is 4. The van der Waals surface area contributed by atoms with Crippen molar-refractivity contribution in [2.24, 2.45) is 5.41 Å². The summed E-state index contributed by atoms with van der Waals surface area (Å²) >= 11 is 0. The third kappa shape index (κ3) is 4.53. The molecule has 0 atom stereocenters. The molecule has 0 aliphatic heterocycles. The lowest BCUT2D eigenvalue weighted by Gasteiger charge is -2.16. The molecule has 0 radical (unpaired) electrons. The summed E-state index contributed by atoms with van der Waals surface area (Å²) in [6, 6.07) is 0. The highest BCUT2D eigenvalue weighted by atomic mass is 35.7. The summed E-state index contributed by atoms with van der Waals surface area (Å²) in [7, 11) is 0.619. The molecule has 7 heteroatoms. The Kier molecular flexibility index (Phi) is 3.49. The quantitative estimate of drug-likeness (QED) is 0.696. The van der Waals surface area contributed by atoms with Gasteiger partial charge in [-0.2, -0.15) is 8.42 Å². The van der Waals surface area contributed by atoms with Crippen LogP contribution < -0.4 is 0 Å². The van der Waals surface area contributed by atoms with Crippen molar-refractivity contribution in [2.45, 2.75) is 13.8 Å². The highest BCUT2D eigenvalue weighted by molar-refractivity contribution is 8.09. The lowest BCUT2D eigenvalue weighted by Crippen LogP contribution is -2.29. The highest BCUT2D eigenvalue weighted by Gasteiger charge is 2.29. The predicted molar refractivity (Wildman–Crippen MR) is 42.1 cm³/mol. The van der Waals surface area contributed by atoms with Gasteiger partial charge in [-0.05, 0) is 13.8 Å². The van der Waals surface area contributed by atoms with E-state index >= 15 is 0 Å². The largest absolute Gasteiger partial charge is 0.481 e. The van der Waals surface area contributed by atoms with Gasteiger partial charge in [0.05, 0.1) is 12.0 Å². The monoisotopic (exact) mass is 216 g/mol. The number of carboxylic acid groups (broad SMARTS) is 1. The van der Waals surface area contributed by atoms with E-state index in [9.17, 15) is 13.2 Å². The average molecular weight is 217 g/mol. The second kappa shape index (κ2) is 3.59. The van der Waals surface area contributed by atoms with Crippen molar-refractivity contribution in [3.05, 3.63) is 0 Å². The van der Waals surface area contributed by atoms with E-state index in [1.54, 1.807) is 0 Å². The maximum Gasteiger partial charge on any atom is 0.355 e. The third-order valence-corrected chi connectivity index (χ3v) is 1.81. The smallest absolute Gasteiger partial charge is 0.355 e. The Morgan fingerprint density at radius 3 is 2.25 bits per heavy atom. The van der Waals surface area contributed by atoms with Gasteiger partial charge in [0, 0.05) is 10.7 Å². The summed E-state index contributed by atoms with van der Waals surface area (Å²) in [6.45, 7) is 2.18. The van der Waals surface area contributed by atoms with Gasteiger partial charge in [0.15, 0.2) is 0 Å². The minimum atomic E-state index is -4.08. The molecule has 0 amide bonds. The van der Waals surface area contributed by atoms with Crippen molar-refractivity contribution in [1.29, 1.82) is 0 Å². The molecular weight excluding hydrogens is 208 g/mol. The lowest BCUT2D eigenvalue weighted by molar-refractivity contribution is -0.148. The van der Waals surface area contributed by atoms with Gasteiger partial charge < -0.3 is 5.11 Å². The van der Waals surface area contributed by atoms with E-state index in [-0.39, 0.29) is 0 Å². The summed E-state index contributed by atoms with van der Waals surface area (Å²) in [4.78, 5) is 10.4. The Morgan fingerprint density at radius 1 is 1.58 bits per heavy atom. The minimum Gasteiger partial charge on any atom is -0.481 e. The van der Waals surface area contributed by atoms with Crippen LogP contribution in [0.1, 0.15) is 13.8 Å². The van der Waals surface area contributed by atoms with Crippen molar-refractivity contribution in [3.8, 4) is 0 Å². The Morgan fingerprint density at radius 2 is 2.00 bits per heavy atom. The zero-order chi connectivity index (χ0) is 9.99. The van der Waals surface area contributed by atoms with Gasteiger partial charge in [0.1, 0.15) is 0 Å². The minimum absolute atomic E-state index is 0.478. The zero-order valence-electron chi connectivity index (χ0n) is 6.57. The molecule has 0 aromatic heterocycles. The van der Waals surface area contributed by atoms with E-state index < -0.39 is 27.3 Å². The van der Waals surface area contributed by atoms with Crippen LogP contribution in [0, 0.1) is 5.41 Å². The van der Waals surface area contributed by atoms with Crippen LogP contribution in [0.25, 0.3) is 0 Å². The molecule has 0 spiro atoms. The SMILES string of the molecule is CC(C)(COS(=O)(=O)Cl)C(=O)O. The lowest BCUT2D eigenvalue weighted by atomic mass is 9.96. The highest BCUT2D eigenvalue weighted by Crippen LogP contribution is 2.17. The van der Waals surface area contributed by atoms with Gasteiger partial charge >= 0.3 is 15.3 Å². The Bertz CT molecular complexity index is 268. The first-order valence-corrected chi connectivity index (χ1v) is 5.21. The van der Waals surface area contributed by atoms with E-state index in [0.717, 1.165) is 0 Å². The summed E-state index contributed by atoms with van der Waals surface area (Å²) in [5.74, 6) is -1.15. The second-order valence-corrected chi connectivity index (χ2v) is 5.00. The van der Waals surface area contributed by atoms with Gasteiger partial charge in [-0.25, -0.2) is 0 Å². The normalized spacial score (nSPS) is 12.9. The number of rotatable bonds is 4. The standard InChI is InChI=1S/C5H9ClO5S/c1-5(2,4(7)8)3-11-12(6,9)10/h3H2,1-2H3,(H,7,8). The van der Waals surface area contributed by atoms with Gasteiger partial charge in [0.25, 0.3) is 0 Å². The van der Waals surface area contributed by atoms with E-state index in [4.69, 9.17) is 15.8 Å². The molecule has 0 heterocycles. The molecule has 0 aromatic rings. The van der Waals surface area contributed by atoms with Crippen LogP contribution in [0.2, 0.25) is 0 Å². The van der Waals surface area contributed by atoms with Crippen LogP contribution in [0.3, 0.4) is 0 Å². The van der Waals surface area contributed by atoms with Crippen molar-refractivity contribution < 1.29 is 22.5 Å². The number of carboxylic acids is 1. The van der Waals surface area contributed by atoms with Crippen molar-refractivity contribution in [2.75, 3.05) is 6.61 Å². The van der Waals surface area contributed by atoms with E-state index in [1.807, 2.05) is 0 Å². The van der Waals surface area contributed by atoms with Crippen LogP contribution in [0.15, 0.2) is 0 Å². The average Bonchev–Trinajstić information content (AvgIpc) is 1.82. The molecule has 72 valence electrons. The topological polar surface area (TPSA) is 80.7 Å². The van der Waals surface area contributed by atoms with Gasteiger partial charge in [-0.1, -0.05) is 0 Å². The van der Waals surface area contributed by atoms with Crippen LogP contribution >= 0.6 is 10.7 Å². The fourth-order valence-electron chi connectivity index (χ4n) is 0.279. The summed E-state index contributed by atoms with van der Waals surface area (Å²) in [6.07, 6.45) is 0. The summed E-state index contributed by atoms with van der Waals surface area (Å²) in [5, 5.41) is 8.52. The Balaban J connectivity index is 4.20. The van der Waals surface area contributed by atoms with Gasteiger partial charge in [0.2, 0.25) is 0 Å². The molecule has 5 nitrogen and oxygen atoms in total. The van der Waals surface area contributed by atoms with Crippen molar-refractivity contribution in [1.82, 2.24) is 0 Å². The Labute approximate surface area is 74.9 Å². The molecule has 0 saturated heterocycles. The zero-order valence-corrected chi connectivity index (χ0v) is 8.15. The first-order valence-electron chi connectivity index (χ1n) is 2.97. The van der Waals surface area contributed by atoms with Crippen LogP contribution in [0.4, 0.5) is 0 Å². The van der Waals surface area contributed by atoms with E-state index in [1.165, 1.54) is 13.8 Å². The predicted octanol–water partition coefficient (Wildman–Crippen LogP) is 0.597.